The van der Waals surface area contributed by atoms with Gasteiger partial charge in [-0.25, -0.2) is 9.97 Å². The van der Waals surface area contributed by atoms with Gasteiger partial charge in [0.05, 0.1) is 0 Å². The summed E-state index contributed by atoms with van der Waals surface area (Å²) in [5.74, 6) is 1.09. The van der Waals surface area contributed by atoms with Gasteiger partial charge >= 0.3 is 0 Å². The Morgan fingerprint density at radius 1 is 1.24 bits per heavy atom. The Balaban J connectivity index is 2.41. The van der Waals surface area contributed by atoms with Crippen LogP contribution in [0.15, 0.2) is 11.2 Å². The van der Waals surface area contributed by atoms with Crippen molar-refractivity contribution in [3.8, 4) is 0 Å². The van der Waals surface area contributed by atoms with Crippen LogP contribution in [0.5, 0.6) is 0 Å². The van der Waals surface area contributed by atoms with Gasteiger partial charge < -0.3 is 5.11 Å². The number of hydrogen-bond acceptors (Lipinski definition) is 4. The van der Waals surface area contributed by atoms with E-state index < -0.39 is 0 Å². The first kappa shape index (κ1) is 14.5. The fourth-order valence-corrected chi connectivity index (χ4v) is 2.53. The summed E-state index contributed by atoms with van der Waals surface area (Å²) in [5, 5.41) is 9.76. The van der Waals surface area contributed by atoms with Crippen LogP contribution in [0.25, 0.3) is 0 Å². The van der Waals surface area contributed by atoms with Crippen molar-refractivity contribution < 1.29 is 5.11 Å². The first-order chi connectivity index (χ1) is 8.26. The molecule has 0 aromatic carbocycles. The van der Waals surface area contributed by atoms with Crippen LogP contribution in [-0.2, 0) is 6.42 Å². The quantitative estimate of drug-likeness (QED) is 0.440. The van der Waals surface area contributed by atoms with Crippen molar-refractivity contribution in [1.29, 1.82) is 0 Å². The predicted molar refractivity (Wildman–Crippen MR) is 72.4 cm³/mol. The van der Waals surface area contributed by atoms with Crippen LogP contribution in [0, 0.1) is 6.92 Å². The van der Waals surface area contributed by atoms with Crippen molar-refractivity contribution in [3.63, 3.8) is 0 Å². The zero-order valence-corrected chi connectivity index (χ0v) is 11.6. The largest absolute Gasteiger partial charge is 0.396 e. The minimum Gasteiger partial charge on any atom is -0.396 e. The van der Waals surface area contributed by atoms with Crippen molar-refractivity contribution >= 4 is 11.8 Å². The van der Waals surface area contributed by atoms with Crippen LogP contribution in [0.2, 0.25) is 0 Å². The lowest BCUT2D eigenvalue weighted by molar-refractivity contribution is 0.298. The molecule has 0 aliphatic carbocycles. The van der Waals surface area contributed by atoms with Crippen LogP contribution in [-0.4, -0.2) is 27.4 Å². The number of rotatable bonds is 8. The SMILES string of the molecule is CCCCCCSc1nc(C)cc(CCO)n1. The maximum atomic E-state index is 8.91. The summed E-state index contributed by atoms with van der Waals surface area (Å²) in [5.41, 5.74) is 1.93. The van der Waals surface area contributed by atoms with E-state index >= 15 is 0 Å². The Morgan fingerprint density at radius 2 is 2.06 bits per heavy atom. The third kappa shape index (κ3) is 6.03. The number of hydrogen-bond donors (Lipinski definition) is 1. The number of thioether (sulfide) groups is 1. The third-order valence-corrected chi connectivity index (χ3v) is 3.42. The van der Waals surface area contributed by atoms with Crippen LogP contribution < -0.4 is 0 Å². The van der Waals surface area contributed by atoms with E-state index in [9.17, 15) is 0 Å². The van der Waals surface area contributed by atoms with Gasteiger partial charge in [-0.2, -0.15) is 0 Å². The summed E-state index contributed by atoms with van der Waals surface area (Å²) >= 11 is 1.72. The van der Waals surface area contributed by atoms with E-state index in [2.05, 4.69) is 16.9 Å². The molecular weight excluding hydrogens is 232 g/mol. The van der Waals surface area contributed by atoms with Crippen molar-refractivity contribution in [2.75, 3.05) is 12.4 Å². The van der Waals surface area contributed by atoms with Gasteiger partial charge in [0.2, 0.25) is 0 Å². The molecule has 0 fully saturated rings. The summed E-state index contributed by atoms with van der Waals surface area (Å²) < 4.78 is 0. The molecule has 0 bridgehead atoms. The van der Waals surface area contributed by atoms with E-state index in [1.54, 1.807) is 11.8 Å². The molecule has 1 N–H and O–H groups in total. The smallest absolute Gasteiger partial charge is 0.187 e. The molecule has 0 amide bonds. The molecule has 1 aromatic rings. The van der Waals surface area contributed by atoms with E-state index in [1.807, 2.05) is 13.0 Å². The molecular formula is C13H22N2OS. The number of nitrogens with zero attached hydrogens (tertiary/aromatic N) is 2. The van der Waals surface area contributed by atoms with Gasteiger partial charge in [0.15, 0.2) is 5.16 Å². The predicted octanol–water partition coefficient (Wildman–Crippen LogP) is 2.99. The Hall–Kier alpha value is -0.610. The molecule has 0 spiro atoms. The summed E-state index contributed by atoms with van der Waals surface area (Å²) in [6, 6.07) is 1.94. The normalized spacial score (nSPS) is 10.8. The molecule has 17 heavy (non-hydrogen) atoms. The fourth-order valence-electron chi connectivity index (χ4n) is 1.60. The molecule has 0 aliphatic heterocycles. The molecule has 0 unspecified atom stereocenters. The molecule has 1 rings (SSSR count). The van der Waals surface area contributed by atoms with Gasteiger partial charge in [0.25, 0.3) is 0 Å². The minimum absolute atomic E-state index is 0.150. The molecule has 1 heterocycles. The van der Waals surface area contributed by atoms with Crippen molar-refractivity contribution in [1.82, 2.24) is 9.97 Å². The van der Waals surface area contributed by atoms with Crippen LogP contribution in [0.3, 0.4) is 0 Å². The molecule has 3 nitrogen and oxygen atoms in total. The van der Waals surface area contributed by atoms with Gasteiger partial charge in [-0.15, -0.1) is 0 Å². The highest BCUT2D eigenvalue weighted by Gasteiger charge is 2.02. The monoisotopic (exact) mass is 254 g/mol. The second-order valence-electron chi connectivity index (χ2n) is 4.17. The van der Waals surface area contributed by atoms with Crippen molar-refractivity contribution in [2.45, 2.75) is 51.1 Å². The highest BCUT2D eigenvalue weighted by Crippen LogP contribution is 2.17. The number of aromatic nitrogens is 2. The maximum absolute atomic E-state index is 8.91. The standard InChI is InChI=1S/C13H22N2OS/c1-3-4-5-6-9-17-13-14-11(2)10-12(15-13)7-8-16/h10,16H,3-9H2,1-2H3. The summed E-state index contributed by atoms with van der Waals surface area (Å²) in [6.45, 7) is 4.35. The lowest BCUT2D eigenvalue weighted by Crippen LogP contribution is -2.00. The topological polar surface area (TPSA) is 46.0 Å². The molecule has 0 saturated carbocycles. The van der Waals surface area contributed by atoms with Crippen molar-refractivity contribution in [3.05, 3.63) is 17.5 Å². The third-order valence-electron chi connectivity index (χ3n) is 2.48. The summed E-state index contributed by atoms with van der Waals surface area (Å²) in [6.07, 6.45) is 5.72. The van der Waals surface area contributed by atoms with Crippen molar-refractivity contribution in [2.24, 2.45) is 0 Å². The number of aliphatic hydroxyl groups excluding tert-OH is 1. The van der Waals surface area contributed by atoms with Crippen LogP contribution in [0.1, 0.15) is 44.0 Å². The lowest BCUT2D eigenvalue weighted by atomic mass is 10.2. The van der Waals surface area contributed by atoms with E-state index in [0.29, 0.717) is 6.42 Å². The molecule has 0 saturated heterocycles. The second-order valence-corrected chi connectivity index (χ2v) is 5.23. The van der Waals surface area contributed by atoms with Gasteiger partial charge in [0.1, 0.15) is 0 Å². The molecule has 96 valence electrons. The first-order valence-corrected chi connectivity index (χ1v) is 7.33. The van der Waals surface area contributed by atoms with Gasteiger partial charge in [-0.05, 0) is 19.4 Å². The van der Waals surface area contributed by atoms with E-state index in [4.69, 9.17) is 5.11 Å². The highest BCUT2D eigenvalue weighted by molar-refractivity contribution is 7.99. The number of aliphatic hydroxyl groups is 1. The zero-order chi connectivity index (χ0) is 12.5. The first-order valence-electron chi connectivity index (χ1n) is 6.34. The fraction of sp³-hybridized carbons (Fsp3) is 0.692. The average Bonchev–Trinajstić information content (AvgIpc) is 2.28. The molecule has 4 heteroatoms. The lowest BCUT2D eigenvalue weighted by Gasteiger charge is -2.04. The van der Waals surface area contributed by atoms with Crippen LogP contribution >= 0.6 is 11.8 Å². The zero-order valence-electron chi connectivity index (χ0n) is 10.8. The van der Waals surface area contributed by atoms with E-state index in [0.717, 1.165) is 22.3 Å². The molecule has 0 atom stereocenters. The number of unbranched alkanes of at least 4 members (excludes halogenated alkanes) is 3. The minimum atomic E-state index is 0.150. The molecule has 1 aromatic heterocycles. The van der Waals surface area contributed by atoms with Crippen LogP contribution in [0.4, 0.5) is 0 Å². The van der Waals surface area contributed by atoms with Gasteiger partial charge in [0, 0.05) is 30.2 Å². The Morgan fingerprint density at radius 3 is 2.76 bits per heavy atom. The molecule has 0 aliphatic rings. The average molecular weight is 254 g/mol. The van der Waals surface area contributed by atoms with E-state index in [1.165, 1.54) is 25.7 Å². The summed E-state index contributed by atoms with van der Waals surface area (Å²) in [7, 11) is 0. The Bertz CT molecular complexity index is 331. The summed E-state index contributed by atoms with van der Waals surface area (Å²) in [4.78, 5) is 8.84. The van der Waals surface area contributed by atoms with Gasteiger partial charge in [-0.3, -0.25) is 0 Å². The van der Waals surface area contributed by atoms with E-state index in [-0.39, 0.29) is 6.61 Å². The number of aryl methyl sites for hydroxylation is 1. The Kier molecular flexibility index (Phi) is 7.21. The Labute approximate surface area is 108 Å². The highest BCUT2D eigenvalue weighted by atomic mass is 32.2. The maximum Gasteiger partial charge on any atom is 0.187 e. The molecule has 0 radical (unpaired) electrons. The second kappa shape index (κ2) is 8.48. The van der Waals surface area contributed by atoms with Gasteiger partial charge in [-0.1, -0.05) is 37.9 Å².